The first-order valence-corrected chi connectivity index (χ1v) is 9.17. The molecular weight excluding hydrogens is 322 g/mol. The van der Waals surface area contributed by atoms with Crippen LogP contribution in [0, 0.1) is 12.3 Å². The van der Waals surface area contributed by atoms with Gasteiger partial charge in [-0.15, -0.1) is 0 Å². The molecule has 1 aromatic rings. The predicted octanol–water partition coefficient (Wildman–Crippen LogP) is 2.31. The lowest BCUT2D eigenvalue weighted by molar-refractivity contribution is -0.150. The largest absolute Gasteiger partial charge is 0.481 e. The number of carboxylic acids is 1. The van der Waals surface area contributed by atoms with Gasteiger partial charge >= 0.3 is 5.97 Å². The summed E-state index contributed by atoms with van der Waals surface area (Å²) in [5.41, 5.74) is 0.540. The second kappa shape index (κ2) is 7.56. The first-order chi connectivity index (χ1) is 12.0. The van der Waals surface area contributed by atoms with Gasteiger partial charge in [-0.05, 0) is 32.6 Å². The number of nitrogens with zero attached hydrogens (tertiary/aromatic N) is 2. The molecule has 0 bridgehead atoms. The lowest BCUT2D eigenvalue weighted by atomic mass is 9.74. The van der Waals surface area contributed by atoms with Gasteiger partial charge in [0.1, 0.15) is 0 Å². The monoisotopic (exact) mass is 349 g/mol. The Morgan fingerprint density at radius 1 is 1.32 bits per heavy atom. The number of aliphatic carboxylic acids is 1. The van der Waals surface area contributed by atoms with Crippen LogP contribution in [0.15, 0.2) is 6.20 Å². The van der Waals surface area contributed by atoms with E-state index >= 15 is 0 Å². The van der Waals surface area contributed by atoms with Gasteiger partial charge in [0.05, 0.1) is 23.2 Å². The number of ether oxygens (including phenoxy) is 1. The van der Waals surface area contributed by atoms with E-state index in [1.54, 1.807) is 6.20 Å². The Kier molecular flexibility index (Phi) is 5.42. The van der Waals surface area contributed by atoms with Crippen LogP contribution in [0.25, 0.3) is 0 Å². The first-order valence-electron chi connectivity index (χ1n) is 9.17. The van der Waals surface area contributed by atoms with Gasteiger partial charge in [-0.25, -0.2) is 0 Å². The maximum Gasteiger partial charge on any atom is 0.311 e. The molecule has 7 nitrogen and oxygen atoms in total. The standard InChI is InChI=1S/C18H27N3O4/c1-13-15(11-20-21(13)14-5-9-25-10-6-14)16(22)19-12-18(17(23)24)7-3-2-4-8-18/h11,14H,2-10,12H2,1H3,(H,19,22)(H,23,24). The molecule has 0 aromatic carbocycles. The van der Waals surface area contributed by atoms with Crippen LogP contribution in [0.2, 0.25) is 0 Å². The van der Waals surface area contributed by atoms with Crippen molar-refractivity contribution in [2.24, 2.45) is 5.41 Å². The summed E-state index contributed by atoms with van der Waals surface area (Å²) in [7, 11) is 0. The minimum absolute atomic E-state index is 0.184. The maximum atomic E-state index is 12.6. The van der Waals surface area contributed by atoms with E-state index in [2.05, 4.69) is 10.4 Å². The maximum absolute atomic E-state index is 12.6. The van der Waals surface area contributed by atoms with Gasteiger partial charge in [0, 0.05) is 25.5 Å². The molecular formula is C18H27N3O4. The molecule has 2 aliphatic rings. The summed E-state index contributed by atoms with van der Waals surface area (Å²) in [6, 6.07) is 0.263. The van der Waals surface area contributed by atoms with Crippen LogP contribution in [0.5, 0.6) is 0 Å². The Hall–Kier alpha value is -1.89. The van der Waals surface area contributed by atoms with Gasteiger partial charge < -0.3 is 15.2 Å². The van der Waals surface area contributed by atoms with Crippen molar-refractivity contribution < 1.29 is 19.4 Å². The third-order valence-corrected chi connectivity index (χ3v) is 5.68. The van der Waals surface area contributed by atoms with E-state index < -0.39 is 11.4 Å². The van der Waals surface area contributed by atoms with E-state index in [4.69, 9.17) is 4.74 Å². The number of aromatic nitrogens is 2. The van der Waals surface area contributed by atoms with Gasteiger partial charge in [0.2, 0.25) is 0 Å². The SMILES string of the molecule is Cc1c(C(=O)NCC2(C(=O)O)CCCCC2)cnn1C1CCOCC1. The molecule has 1 aliphatic carbocycles. The molecule has 1 aromatic heterocycles. The molecule has 1 saturated carbocycles. The molecule has 2 fully saturated rings. The second-order valence-electron chi connectivity index (χ2n) is 7.26. The smallest absolute Gasteiger partial charge is 0.311 e. The summed E-state index contributed by atoms with van der Waals surface area (Å²) < 4.78 is 7.29. The van der Waals surface area contributed by atoms with E-state index in [0.717, 1.165) is 37.8 Å². The van der Waals surface area contributed by atoms with Crippen LogP contribution >= 0.6 is 0 Å². The number of carboxylic acid groups (broad SMARTS) is 1. The number of nitrogens with one attached hydrogen (secondary N) is 1. The highest BCUT2D eigenvalue weighted by molar-refractivity contribution is 5.95. The van der Waals surface area contributed by atoms with E-state index in [9.17, 15) is 14.7 Å². The third kappa shape index (κ3) is 3.71. The zero-order valence-electron chi connectivity index (χ0n) is 14.8. The number of hydrogen-bond acceptors (Lipinski definition) is 4. The molecule has 2 N–H and O–H groups in total. The fourth-order valence-corrected chi connectivity index (χ4v) is 3.98. The van der Waals surface area contributed by atoms with Crippen molar-refractivity contribution in [1.82, 2.24) is 15.1 Å². The zero-order valence-corrected chi connectivity index (χ0v) is 14.8. The van der Waals surface area contributed by atoms with E-state index in [0.29, 0.717) is 31.6 Å². The van der Waals surface area contributed by atoms with Crippen LogP contribution < -0.4 is 5.32 Å². The van der Waals surface area contributed by atoms with Crippen molar-refractivity contribution in [2.45, 2.75) is 57.9 Å². The molecule has 0 atom stereocenters. The minimum atomic E-state index is -0.821. The fraction of sp³-hybridized carbons (Fsp3) is 0.722. The molecule has 1 amide bonds. The normalized spacial score (nSPS) is 21.0. The first kappa shape index (κ1) is 17.9. The van der Waals surface area contributed by atoms with Crippen molar-refractivity contribution in [2.75, 3.05) is 19.8 Å². The van der Waals surface area contributed by atoms with Crippen molar-refractivity contribution in [3.8, 4) is 0 Å². The summed E-state index contributed by atoms with van der Waals surface area (Å²) in [4.78, 5) is 24.3. The van der Waals surface area contributed by atoms with Crippen molar-refractivity contribution in [3.05, 3.63) is 17.5 Å². The Morgan fingerprint density at radius 3 is 2.64 bits per heavy atom. The number of rotatable bonds is 5. The van der Waals surface area contributed by atoms with Gasteiger partial charge in [-0.1, -0.05) is 19.3 Å². The molecule has 25 heavy (non-hydrogen) atoms. The zero-order chi connectivity index (χ0) is 17.9. The molecule has 138 valence electrons. The predicted molar refractivity (Wildman–Crippen MR) is 91.5 cm³/mol. The van der Waals surface area contributed by atoms with Gasteiger partial charge in [0.25, 0.3) is 5.91 Å². The summed E-state index contributed by atoms with van der Waals surface area (Å²) in [5, 5.41) is 16.9. The Balaban J connectivity index is 1.67. The summed E-state index contributed by atoms with van der Waals surface area (Å²) >= 11 is 0. The van der Waals surface area contributed by atoms with Crippen molar-refractivity contribution in [3.63, 3.8) is 0 Å². The molecule has 1 saturated heterocycles. The Labute approximate surface area is 147 Å². The van der Waals surface area contributed by atoms with Crippen LogP contribution in [-0.4, -0.2) is 46.5 Å². The van der Waals surface area contributed by atoms with Gasteiger partial charge in [-0.3, -0.25) is 14.3 Å². The molecule has 0 unspecified atom stereocenters. The second-order valence-corrected chi connectivity index (χ2v) is 7.26. The Bertz CT molecular complexity index is 628. The molecule has 1 aliphatic heterocycles. The molecule has 0 spiro atoms. The molecule has 7 heteroatoms. The summed E-state index contributed by atoms with van der Waals surface area (Å²) in [6.45, 7) is 3.51. The van der Waals surface area contributed by atoms with E-state index in [-0.39, 0.29) is 18.5 Å². The van der Waals surface area contributed by atoms with E-state index in [1.165, 1.54) is 0 Å². The van der Waals surface area contributed by atoms with Crippen LogP contribution in [0.1, 0.15) is 67.0 Å². The van der Waals surface area contributed by atoms with Crippen LogP contribution in [0.3, 0.4) is 0 Å². The quantitative estimate of drug-likeness (QED) is 0.851. The molecule has 2 heterocycles. The topological polar surface area (TPSA) is 93.5 Å². The van der Waals surface area contributed by atoms with E-state index in [1.807, 2.05) is 11.6 Å². The highest BCUT2D eigenvalue weighted by atomic mass is 16.5. The van der Waals surface area contributed by atoms with Gasteiger partial charge in [-0.2, -0.15) is 5.10 Å². The molecule has 3 rings (SSSR count). The highest BCUT2D eigenvalue weighted by Gasteiger charge is 2.40. The fourth-order valence-electron chi connectivity index (χ4n) is 3.98. The average molecular weight is 349 g/mol. The third-order valence-electron chi connectivity index (χ3n) is 5.68. The van der Waals surface area contributed by atoms with Crippen molar-refractivity contribution >= 4 is 11.9 Å². The van der Waals surface area contributed by atoms with Crippen molar-refractivity contribution in [1.29, 1.82) is 0 Å². The highest BCUT2D eigenvalue weighted by Crippen LogP contribution is 2.36. The lowest BCUT2D eigenvalue weighted by Gasteiger charge is -2.33. The molecule has 0 radical (unpaired) electrons. The number of carbonyl (C=O) groups is 2. The van der Waals surface area contributed by atoms with Crippen LogP contribution in [0.4, 0.5) is 0 Å². The Morgan fingerprint density at radius 2 is 2.00 bits per heavy atom. The van der Waals surface area contributed by atoms with Crippen LogP contribution in [-0.2, 0) is 9.53 Å². The number of carbonyl (C=O) groups excluding carboxylic acids is 1. The number of hydrogen-bond donors (Lipinski definition) is 2. The number of amides is 1. The average Bonchev–Trinajstić information content (AvgIpc) is 3.02. The summed E-state index contributed by atoms with van der Waals surface area (Å²) in [5.74, 6) is -1.04. The summed E-state index contributed by atoms with van der Waals surface area (Å²) in [6.07, 6.45) is 7.52. The van der Waals surface area contributed by atoms with Gasteiger partial charge in [0.15, 0.2) is 0 Å². The minimum Gasteiger partial charge on any atom is -0.481 e. The lowest BCUT2D eigenvalue weighted by Crippen LogP contribution is -2.44.